The minimum Gasteiger partial charge on any atom is -0.476 e. The molecule has 0 unspecified atom stereocenters. The van der Waals surface area contributed by atoms with Crippen LogP contribution in [0.3, 0.4) is 0 Å². The lowest BCUT2D eigenvalue weighted by atomic mass is 10.3. The number of rotatable bonds is 6. The molecule has 0 aliphatic carbocycles. The van der Waals surface area contributed by atoms with Crippen molar-refractivity contribution in [2.45, 2.75) is 20.8 Å². The molecule has 0 aromatic carbocycles. The first-order chi connectivity index (χ1) is 9.63. The highest BCUT2D eigenvalue weighted by Gasteiger charge is 2.22. The summed E-state index contributed by atoms with van der Waals surface area (Å²) in [6, 6.07) is 0. The van der Waals surface area contributed by atoms with E-state index in [1.165, 1.54) is 0 Å². The number of likely N-dealkylation sites (N-methyl/N-ethyl adjacent to an activating group) is 1. The molecule has 1 aliphatic heterocycles. The molecular formula is C13H23Cl2N5O2. The van der Waals surface area contributed by atoms with Crippen molar-refractivity contribution >= 4 is 42.4 Å². The predicted octanol–water partition coefficient (Wildman–Crippen LogP) is 1.71. The predicted molar refractivity (Wildman–Crippen MR) is 91.7 cm³/mol. The van der Waals surface area contributed by atoms with E-state index in [1.807, 2.05) is 0 Å². The Morgan fingerprint density at radius 1 is 1.27 bits per heavy atom. The SMILES string of the molecule is CCN(CC)CCNc1nc(C)nc2c1OCC(=O)N2.Cl.Cl. The molecule has 0 saturated heterocycles. The van der Waals surface area contributed by atoms with Gasteiger partial charge in [-0.05, 0) is 20.0 Å². The first-order valence-electron chi connectivity index (χ1n) is 6.91. The second-order valence-corrected chi connectivity index (χ2v) is 4.59. The fourth-order valence-corrected chi connectivity index (χ4v) is 2.08. The van der Waals surface area contributed by atoms with E-state index in [1.54, 1.807) is 6.92 Å². The van der Waals surface area contributed by atoms with E-state index in [2.05, 4.69) is 39.3 Å². The van der Waals surface area contributed by atoms with Gasteiger partial charge in [0, 0.05) is 13.1 Å². The van der Waals surface area contributed by atoms with Crippen LogP contribution in [-0.4, -0.2) is 53.6 Å². The number of aromatic nitrogens is 2. The normalized spacial score (nSPS) is 12.5. The van der Waals surface area contributed by atoms with Crippen molar-refractivity contribution in [1.82, 2.24) is 14.9 Å². The molecule has 2 heterocycles. The molecule has 0 radical (unpaired) electrons. The van der Waals surface area contributed by atoms with Crippen molar-refractivity contribution in [3.63, 3.8) is 0 Å². The fourth-order valence-electron chi connectivity index (χ4n) is 2.08. The zero-order valence-electron chi connectivity index (χ0n) is 13.0. The Balaban J connectivity index is 0.00000220. The Morgan fingerprint density at radius 3 is 2.59 bits per heavy atom. The Kier molecular flexibility index (Phi) is 9.08. The van der Waals surface area contributed by atoms with Crippen molar-refractivity contribution < 1.29 is 9.53 Å². The molecule has 22 heavy (non-hydrogen) atoms. The molecule has 2 N–H and O–H groups in total. The number of nitrogens with zero attached hydrogens (tertiary/aromatic N) is 3. The van der Waals surface area contributed by atoms with Gasteiger partial charge in [-0.15, -0.1) is 24.8 Å². The second kappa shape index (κ2) is 9.66. The third-order valence-electron chi connectivity index (χ3n) is 3.20. The van der Waals surface area contributed by atoms with Gasteiger partial charge in [-0.2, -0.15) is 0 Å². The van der Waals surface area contributed by atoms with Crippen LogP contribution in [0, 0.1) is 6.92 Å². The number of aryl methyl sites for hydroxylation is 1. The van der Waals surface area contributed by atoms with E-state index in [-0.39, 0.29) is 37.3 Å². The molecule has 7 nitrogen and oxygen atoms in total. The van der Waals surface area contributed by atoms with Gasteiger partial charge in [-0.3, -0.25) is 4.79 Å². The summed E-state index contributed by atoms with van der Waals surface area (Å²) in [5, 5.41) is 5.96. The lowest BCUT2D eigenvalue weighted by Crippen LogP contribution is -2.30. The van der Waals surface area contributed by atoms with E-state index in [0.717, 1.165) is 26.2 Å². The highest BCUT2D eigenvalue weighted by Crippen LogP contribution is 2.32. The first-order valence-corrected chi connectivity index (χ1v) is 6.91. The molecule has 0 bridgehead atoms. The highest BCUT2D eigenvalue weighted by atomic mass is 35.5. The Labute approximate surface area is 143 Å². The number of hydrogen-bond donors (Lipinski definition) is 2. The number of nitrogens with one attached hydrogen (secondary N) is 2. The zero-order valence-corrected chi connectivity index (χ0v) is 14.6. The monoisotopic (exact) mass is 351 g/mol. The van der Waals surface area contributed by atoms with Gasteiger partial charge in [0.2, 0.25) is 5.75 Å². The molecular weight excluding hydrogens is 329 g/mol. The van der Waals surface area contributed by atoms with Crippen molar-refractivity contribution in [2.24, 2.45) is 0 Å². The number of halogens is 2. The van der Waals surface area contributed by atoms with Gasteiger partial charge in [0.15, 0.2) is 18.2 Å². The maximum absolute atomic E-state index is 11.3. The zero-order chi connectivity index (χ0) is 14.5. The summed E-state index contributed by atoms with van der Waals surface area (Å²) in [4.78, 5) is 22.1. The molecule has 0 spiro atoms. The summed E-state index contributed by atoms with van der Waals surface area (Å²) in [5.74, 6) is 2.01. The minimum atomic E-state index is -0.190. The molecule has 0 atom stereocenters. The number of amides is 1. The molecule has 0 saturated carbocycles. The summed E-state index contributed by atoms with van der Waals surface area (Å²) < 4.78 is 5.42. The Morgan fingerprint density at radius 2 is 1.95 bits per heavy atom. The van der Waals surface area contributed by atoms with Crippen LogP contribution < -0.4 is 15.4 Å². The van der Waals surface area contributed by atoms with Gasteiger partial charge in [0.25, 0.3) is 5.91 Å². The molecule has 0 fully saturated rings. The molecule has 1 aromatic heterocycles. The largest absolute Gasteiger partial charge is 0.476 e. The van der Waals surface area contributed by atoms with Crippen molar-refractivity contribution in [2.75, 3.05) is 43.4 Å². The average Bonchev–Trinajstić information content (AvgIpc) is 2.42. The molecule has 9 heteroatoms. The van der Waals surface area contributed by atoms with Crippen molar-refractivity contribution in [3.8, 4) is 5.75 Å². The van der Waals surface area contributed by atoms with Crippen LogP contribution in [0.5, 0.6) is 5.75 Å². The molecule has 1 aliphatic rings. The third kappa shape index (κ3) is 5.15. The van der Waals surface area contributed by atoms with Crippen LogP contribution in [0.25, 0.3) is 0 Å². The molecule has 1 amide bonds. The van der Waals surface area contributed by atoms with Crippen molar-refractivity contribution in [3.05, 3.63) is 5.82 Å². The molecule has 126 valence electrons. The Bertz CT molecular complexity index is 498. The van der Waals surface area contributed by atoms with Gasteiger partial charge in [-0.25, -0.2) is 9.97 Å². The van der Waals surface area contributed by atoms with Gasteiger partial charge in [-0.1, -0.05) is 13.8 Å². The smallest absolute Gasteiger partial charge is 0.263 e. The van der Waals surface area contributed by atoms with Crippen LogP contribution in [0.4, 0.5) is 11.6 Å². The molecule has 2 rings (SSSR count). The Hall–Kier alpha value is -1.31. The maximum atomic E-state index is 11.3. The van der Waals surface area contributed by atoms with Crippen LogP contribution >= 0.6 is 24.8 Å². The van der Waals surface area contributed by atoms with E-state index >= 15 is 0 Å². The second-order valence-electron chi connectivity index (χ2n) is 4.59. The number of ether oxygens (including phenoxy) is 1. The number of hydrogen-bond acceptors (Lipinski definition) is 6. The van der Waals surface area contributed by atoms with Crippen molar-refractivity contribution in [1.29, 1.82) is 0 Å². The lowest BCUT2D eigenvalue weighted by molar-refractivity contribution is -0.118. The van der Waals surface area contributed by atoms with Gasteiger partial charge in [0.05, 0.1) is 0 Å². The molecule has 1 aromatic rings. The topological polar surface area (TPSA) is 79.4 Å². The minimum absolute atomic E-state index is 0. The number of anilines is 2. The van der Waals surface area contributed by atoms with E-state index in [9.17, 15) is 4.79 Å². The van der Waals surface area contributed by atoms with Gasteiger partial charge >= 0.3 is 0 Å². The maximum Gasteiger partial charge on any atom is 0.263 e. The van der Waals surface area contributed by atoms with E-state index < -0.39 is 0 Å². The van der Waals surface area contributed by atoms with E-state index in [4.69, 9.17) is 4.74 Å². The van der Waals surface area contributed by atoms with Crippen LogP contribution in [-0.2, 0) is 4.79 Å². The number of carbonyl (C=O) groups excluding carboxylic acids is 1. The van der Waals surface area contributed by atoms with Gasteiger partial charge in [0.1, 0.15) is 5.82 Å². The highest BCUT2D eigenvalue weighted by molar-refractivity contribution is 5.95. The lowest BCUT2D eigenvalue weighted by Gasteiger charge is -2.22. The summed E-state index contributed by atoms with van der Waals surface area (Å²) >= 11 is 0. The quantitative estimate of drug-likeness (QED) is 0.812. The van der Waals surface area contributed by atoms with E-state index in [0.29, 0.717) is 23.2 Å². The number of carbonyl (C=O) groups is 1. The summed E-state index contributed by atoms with van der Waals surface area (Å²) in [7, 11) is 0. The summed E-state index contributed by atoms with van der Waals surface area (Å²) in [5.41, 5.74) is 0. The fraction of sp³-hybridized carbons (Fsp3) is 0.615. The van der Waals surface area contributed by atoms with Crippen LogP contribution in [0.2, 0.25) is 0 Å². The summed E-state index contributed by atoms with van der Waals surface area (Å²) in [6.07, 6.45) is 0. The average molecular weight is 352 g/mol. The summed E-state index contributed by atoms with van der Waals surface area (Å²) in [6.45, 7) is 9.80. The van der Waals surface area contributed by atoms with Crippen LogP contribution in [0.1, 0.15) is 19.7 Å². The standard InChI is InChI=1S/C13H21N5O2.2ClH/c1-4-18(5-2)7-6-14-12-11-13(16-9(3)15-12)17-10(19)8-20-11;;/h4-8H2,1-3H3,(H2,14,15,16,17,19);2*1H. The first kappa shape index (κ1) is 20.7. The van der Waals surface area contributed by atoms with Gasteiger partial charge < -0.3 is 20.3 Å². The number of fused-ring (bicyclic) bond motifs is 1. The van der Waals surface area contributed by atoms with Crippen LogP contribution in [0.15, 0.2) is 0 Å². The third-order valence-corrected chi connectivity index (χ3v) is 3.20.